The van der Waals surface area contributed by atoms with Crippen molar-refractivity contribution in [2.24, 2.45) is 0 Å². The second-order valence-electron chi connectivity index (χ2n) is 28.1. The van der Waals surface area contributed by atoms with Crippen LogP contribution in [0.3, 0.4) is 0 Å². The third-order valence-electron chi connectivity index (χ3n) is 22.1. The van der Waals surface area contributed by atoms with Crippen molar-refractivity contribution >= 4 is 171 Å². The maximum absolute atomic E-state index is 14.3. The van der Waals surface area contributed by atoms with Gasteiger partial charge in [-0.15, -0.1) is 24.8 Å². The summed E-state index contributed by atoms with van der Waals surface area (Å²) < 4.78 is 71.3. The molecule has 2 unspecified atom stereocenters. The summed E-state index contributed by atoms with van der Waals surface area (Å²) in [5.41, 5.74) is 4.57. The second kappa shape index (κ2) is 44.6. The molecule has 8 aromatic carbocycles. The molecule has 2 fully saturated rings. The quantitative estimate of drug-likeness (QED) is 0.0496. The summed E-state index contributed by atoms with van der Waals surface area (Å²) in [6.07, 6.45) is 4.22. The van der Waals surface area contributed by atoms with Gasteiger partial charge >= 0.3 is 12.2 Å². The summed E-state index contributed by atoms with van der Waals surface area (Å²) in [7, 11) is 13.8. The standard InChI is InChI=1S/2C42H47Cl2N3O7S.2ClH.4H2S/c2*1-45(39(48)30-24-36(51-3)38(53-5)37(25-30)52-4)28-41(31-16-17-34(43)35(44)26-31,46(2)40(49)54-32-13-7-6-8-14-32)18-11-21-47-22-19-42(20-23-47)33-15-10-9-12-29(33)27-55(42)50;;;;;;/h2*6-10,12-17,24-26H,11,18-23,27-28H2,1-5H3;2*1H;4*1H2/t2*41-,55?;;;;;;/m11....../s1. The van der Waals surface area contributed by atoms with Gasteiger partial charge in [0.1, 0.15) is 11.5 Å². The van der Waals surface area contributed by atoms with E-state index in [1.165, 1.54) is 64.9 Å². The Morgan fingerprint density at radius 3 is 1.03 bits per heavy atom. The highest BCUT2D eigenvalue weighted by molar-refractivity contribution is 7.85. The van der Waals surface area contributed by atoms with Crippen molar-refractivity contribution < 1.29 is 65.5 Å². The fourth-order valence-corrected chi connectivity index (χ4v) is 20.4. The number of likely N-dealkylation sites (tertiary alicyclic amines) is 2. The number of hydrogen-bond acceptors (Lipinski definition) is 16. The van der Waals surface area contributed by atoms with Crippen molar-refractivity contribution in [2.75, 3.05) is 123 Å². The zero-order chi connectivity index (χ0) is 78.7. The first kappa shape index (κ1) is 100.0. The summed E-state index contributed by atoms with van der Waals surface area (Å²) in [5.74, 6) is 3.41. The molecule has 2 saturated heterocycles. The molecule has 0 saturated carbocycles. The van der Waals surface area contributed by atoms with E-state index in [2.05, 4.69) is 34.1 Å². The number of nitrogens with zero attached hydrogens (tertiary/aromatic N) is 6. The fourth-order valence-electron chi connectivity index (χ4n) is 16.0. The van der Waals surface area contributed by atoms with Gasteiger partial charge in [0, 0.05) is 85.5 Å². The molecule has 8 aromatic rings. The number of para-hydroxylation sites is 2. The van der Waals surface area contributed by atoms with Gasteiger partial charge in [-0.2, -0.15) is 54.0 Å². The van der Waals surface area contributed by atoms with Gasteiger partial charge in [-0.25, -0.2) is 9.59 Å². The van der Waals surface area contributed by atoms with Gasteiger partial charge in [-0.05, 0) is 197 Å². The van der Waals surface area contributed by atoms with Gasteiger partial charge in [0.25, 0.3) is 11.8 Å². The number of rotatable bonds is 26. The van der Waals surface area contributed by atoms with E-state index < -0.39 is 44.9 Å². The van der Waals surface area contributed by atoms with Crippen LogP contribution in [0.25, 0.3) is 0 Å². The van der Waals surface area contributed by atoms with E-state index in [4.69, 9.17) is 84.3 Å². The highest BCUT2D eigenvalue weighted by Gasteiger charge is 2.50. The van der Waals surface area contributed by atoms with Crippen molar-refractivity contribution in [1.82, 2.24) is 29.4 Å². The van der Waals surface area contributed by atoms with Crippen LogP contribution in [-0.2, 0) is 53.7 Å². The molecule has 0 aromatic heterocycles. The summed E-state index contributed by atoms with van der Waals surface area (Å²) in [6.45, 7) is 4.77. The first-order chi connectivity index (χ1) is 52.9. The van der Waals surface area contributed by atoms with Crippen molar-refractivity contribution in [2.45, 2.75) is 83.4 Å². The summed E-state index contributed by atoms with van der Waals surface area (Å²) >= 11 is 26.2. The number of ether oxygens (including phenoxy) is 8. The van der Waals surface area contributed by atoms with Gasteiger partial charge in [-0.3, -0.25) is 27.8 Å². The summed E-state index contributed by atoms with van der Waals surface area (Å²) in [6, 6.07) is 51.3. The predicted molar refractivity (Wildman–Crippen MR) is 489 cm³/mol. The maximum atomic E-state index is 14.3. The van der Waals surface area contributed by atoms with Crippen LogP contribution in [0.1, 0.15) is 105 Å². The zero-order valence-corrected chi connectivity index (χ0v) is 76.7. The van der Waals surface area contributed by atoms with E-state index in [0.29, 0.717) is 126 Å². The van der Waals surface area contributed by atoms with Gasteiger partial charge in [0.05, 0.1) is 83.3 Å². The minimum absolute atomic E-state index is 0. The molecule has 0 radical (unpaired) electrons. The molecular formula is C84H104Cl6N6O14S6. The fraction of sp³-hybridized carbons (Fsp3) is 0.381. The minimum atomic E-state index is -1.13. The number of methoxy groups -OCH3 is 6. The molecule has 4 aliphatic heterocycles. The van der Waals surface area contributed by atoms with Gasteiger partial charge < -0.3 is 57.5 Å². The van der Waals surface area contributed by atoms with Crippen molar-refractivity contribution in [3.05, 3.63) is 234 Å². The van der Waals surface area contributed by atoms with E-state index in [0.717, 1.165) is 65.0 Å². The Kier molecular flexibility index (Phi) is 38.5. The molecule has 4 atom stereocenters. The number of likely N-dealkylation sites (N-methyl/N-ethyl adjacent to an activating group) is 4. The van der Waals surface area contributed by atoms with E-state index in [1.807, 2.05) is 48.5 Å². The summed E-state index contributed by atoms with van der Waals surface area (Å²) in [5, 5.41) is 1.36. The molecule has 4 amide bonds. The van der Waals surface area contributed by atoms with Crippen LogP contribution in [-0.4, -0.2) is 185 Å². The molecule has 4 heterocycles. The number of benzene rings is 8. The molecule has 4 aliphatic rings. The van der Waals surface area contributed by atoms with Crippen LogP contribution < -0.4 is 37.9 Å². The Hall–Kier alpha value is -6.60. The van der Waals surface area contributed by atoms with Crippen LogP contribution in [0, 0.1) is 0 Å². The van der Waals surface area contributed by atoms with Gasteiger partial charge in [0.15, 0.2) is 23.0 Å². The lowest BCUT2D eigenvalue weighted by Crippen LogP contribution is -2.55. The molecule has 632 valence electrons. The van der Waals surface area contributed by atoms with E-state index >= 15 is 0 Å². The third-order valence-corrected chi connectivity index (χ3v) is 27.7. The Bertz CT molecular complexity index is 4350. The van der Waals surface area contributed by atoms with Gasteiger partial charge in [0.2, 0.25) is 11.5 Å². The highest BCUT2D eigenvalue weighted by atomic mass is 35.5. The molecule has 116 heavy (non-hydrogen) atoms. The molecule has 12 rings (SSSR count). The number of piperidine rings is 2. The van der Waals surface area contributed by atoms with E-state index in [-0.39, 0.29) is 113 Å². The van der Waals surface area contributed by atoms with Crippen LogP contribution in [0.5, 0.6) is 46.0 Å². The predicted octanol–water partition coefficient (Wildman–Crippen LogP) is 17.6. The molecule has 32 heteroatoms. The molecule has 20 nitrogen and oxygen atoms in total. The average Bonchev–Trinajstić information content (AvgIpc) is 1.58. The smallest absolute Gasteiger partial charge is 0.415 e. The van der Waals surface area contributed by atoms with Crippen LogP contribution in [0.15, 0.2) is 170 Å². The second-order valence-corrected chi connectivity index (χ2v) is 33.3. The Balaban J connectivity index is 0.000000393. The minimum Gasteiger partial charge on any atom is -0.493 e. The van der Waals surface area contributed by atoms with Crippen molar-refractivity contribution in [3.63, 3.8) is 0 Å². The van der Waals surface area contributed by atoms with Crippen LogP contribution >= 0.6 is 125 Å². The molecular weight excluding hydrogens is 1720 g/mol. The third kappa shape index (κ3) is 21.6. The first-order valence-corrected chi connectivity index (χ1v) is 40.5. The summed E-state index contributed by atoms with van der Waals surface area (Å²) in [4.78, 5) is 68.0. The van der Waals surface area contributed by atoms with E-state index in [9.17, 15) is 27.6 Å². The zero-order valence-electron chi connectivity index (χ0n) is 66.4. The number of amides is 4. The largest absolute Gasteiger partial charge is 0.493 e. The number of halogens is 6. The SMILES string of the molecule is COc1cc(C(=O)N(C)C[C@](CCCN2CCC3(CC2)c2ccccc2CS3=O)(c2ccc(Cl)c(Cl)c2)N(C)C(=O)Oc2ccccc2)cc(OC)c1OC.COc1cc(C(=O)N(C)C[C@](CCCN2CCC3(CC2)c2ccccc2CS3=O)(c2ccc(Cl)c(Cl)c2)N(C)C(=O)Oc2ccccc2)cc(OC)c1OC.Cl.Cl.S.S.S.S. The number of fused-ring (bicyclic) bond motifs is 4. The number of carbonyl (C=O) groups excluding carboxylic acids is 4. The molecule has 0 aliphatic carbocycles. The number of hydrogen-bond donors (Lipinski definition) is 0. The average molecular weight is 1830 g/mol. The monoisotopic (exact) mass is 1820 g/mol. The lowest BCUT2D eigenvalue weighted by atomic mass is 9.82. The normalized spacial score (nSPS) is 16.3. The van der Waals surface area contributed by atoms with Crippen molar-refractivity contribution in [3.8, 4) is 46.0 Å². The topological polar surface area (TPSA) is 196 Å². The van der Waals surface area contributed by atoms with Crippen molar-refractivity contribution in [1.29, 1.82) is 0 Å². The molecule has 0 N–H and O–H groups in total. The van der Waals surface area contributed by atoms with E-state index in [1.54, 1.807) is 145 Å². The Morgan fingerprint density at radius 2 is 0.733 bits per heavy atom. The Labute approximate surface area is 746 Å². The first-order valence-electron chi connectivity index (χ1n) is 36.3. The maximum Gasteiger partial charge on any atom is 0.415 e. The lowest BCUT2D eigenvalue weighted by molar-refractivity contribution is 0.0484. The molecule has 2 spiro atoms. The Morgan fingerprint density at radius 1 is 0.422 bits per heavy atom. The van der Waals surface area contributed by atoms with Gasteiger partial charge in [-0.1, -0.05) is 143 Å². The highest BCUT2D eigenvalue weighted by Crippen LogP contribution is 2.50. The number of carbonyl (C=O) groups is 4. The molecule has 0 bridgehead atoms. The van der Waals surface area contributed by atoms with Crippen LogP contribution in [0.2, 0.25) is 20.1 Å². The lowest BCUT2D eigenvalue weighted by Gasteiger charge is -2.45. The van der Waals surface area contributed by atoms with Crippen LogP contribution in [0.4, 0.5) is 9.59 Å².